The standard InChI is InChI=1S/C9H10O3/c10-7-5-9(11)12-8-4-2-1-3-6(7)8/h1-5H2. The van der Waals surface area contributed by atoms with Crippen LogP contribution in [0.4, 0.5) is 0 Å². The maximum atomic E-state index is 11.3. The number of ether oxygens (including phenoxy) is 1. The van der Waals surface area contributed by atoms with E-state index in [2.05, 4.69) is 0 Å². The van der Waals surface area contributed by atoms with Gasteiger partial charge in [0.2, 0.25) is 0 Å². The molecule has 0 unspecified atom stereocenters. The molecule has 0 aromatic heterocycles. The number of hydrogen-bond donors (Lipinski definition) is 0. The number of allylic oxidation sites excluding steroid dienone is 2. The highest BCUT2D eigenvalue weighted by Crippen LogP contribution is 2.30. The fourth-order valence-corrected chi connectivity index (χ4v) is 1.70. The van der Waals surface area contributed by atoms with Crippen LogP contribution in [0.15, 0.2) is 11.3 Å². The van der Waals surface area contributed by atoms with E-state index in [4.69, 9.17) is 4.74 Å². The van der Waals surface area contributed by atoms with Gasteiger partial charge in [-0.15, -0.1) is 0 Å². The summed E-state index contributed by atoms with van der Waals surface area (Å²) in [7, 11) is 0. The van der Waals surface area contributed by atoms with Crippen LogP contribution in [-0.2, 0) is 14.3 Å². The van der Waals surface area contributed by atoms with Crippen LogP contribution in [0.25, 0.3) is 0 Å². The van der Waals surface area contributed by atoms with E-state index in [-0.39, 0.29) is 18.2 Å². The summed E-state index contributed by atoms with van der Waals surface area (Å²) < 4.78 is 4.98. The fraction of sp³-hybridized carbons (Fsp3) is 0.556. The summed E-state index contributed by atoms with van der Waals surface area (Å²) in [6, 6.07) is 0. The highest BCUT2D eigenvalue weighted by Gasteiger charge is 2.28. The van der Waals surface area contributed by atoms with Crippen LogP contribution in [-0.4, -0.2) is 11.8 Å². The zero-order chi connectivity index (χ0) is 8.55. The van der Waals surface area contributed by atoms with Gasteiger partial charge < -0.3 is 4.74 Å². The van der Waals surface area contributed by atoms with Crippen molar-refractivity contribution in [3.63, 3.8) is 0 Å². The number of carbonyl (C=O) groups excluding carboxylic acids is 2. The Kier molecular flexibility index (Phi) is 1.71. The topological polar surface area (TPSA) is 43.4 Å². The normalized spacial score (nSPS) is 23.7. The second-order valence-corrected chi connectivity index (χ2v) is 3.18. The van der Waals surface area contributed by atoms with Crippen molar-refractivity contribution in [1.29, 1.82) is 0 Å². The summed E-state index contributed by atoms with van der Waals surface area (Å²) in [5, 5.41) is 0. The van der Waals surface area contributed by atoms with E-state index in [0.29, 0.717) is 5.76 Å². The van der Waals surface area contributed by atoms with E-state index in [1.54, 1.807) is 0 Å². The molecule has 0 bridgehead atoms. The summed E-state index contributed by atoms with van der Waals surface area (Å²) in [5.41, 5.74) is 0.765. The van der Waals surface area contributed by atoms with Gasteiger partial charge in [-0.2, -0.15) is 0 Å². The first kappa shape index (κ1) is 7.53. The van der Waals surface area contributed by atoms with Crippen molar-refractivity contribution in [3.8, 4) is 0 Å². The van der Waals surface area contributed by atoms with Gasteiger partial charge >= 0.3 is 5.97 Å². The minimum atomic E-state index is -0.388. The van der Waals surface area contributed by atoms with Crippen molar-refractivity contribution >= 4 is 11.8 Å². The maximum Gasteiger partial charge on any atom is 0.318 e. The molecule has 2 rings (SSSR count). The number of hydrogen-bond acceptors (Lipinski definition) is 3. The van der Waals surface area contributed by atoms with Crippen molar-refractivity contribution in [2.75, 3.05) is 0 Å². The molecular weight excluding hydrogens is 156 g/mol. The Bertz CT molecular complexity index is 275. The Labute approximate surface area is 70.4 Å². The lowest BCUT2D eigenvalue weighted by Gasteiger charge is -2.22. The molecule has 3 nitrogen and oxygen atoms in total. The minimum absolute atomic E-state index is 0.0269. The van der Waals surface area contributed by atoms with Gasteiger partial charge in [0.05, 0.1) is 0 Å². The molecule has 0 fully saturated rings. The van der Waals surface area contributed by atoms with E-state index in [1.165, 1.54) is 0 Å². The Hall–Kier alpha value is -1.12. The number of carbonyl (C=O) groups is 2. The quantitative estimate of drug-likeness (QED) is 0.402. The largest absolute Gasteiger partial charge is 0.430 e. The minimum Gasteiger partial charge on any atom is -0.430 e. The predicted octanol–water partition coefficient (Wildman–Crippen LogP) is 1.33. The Morgan fingerprint density at radius 1 is 1.08 bits per heavy atom. The molecule has 0 radical (unpaired) electrons. The Morgan fingerprint density at radius 3 is 2.67 bits per heavy atom. The molecule has 0 amide bonds. The molecule has 0 aromatic rings. The van der Waals surface area contributed by atoms with E-state index >= 15 is 0 Å². The first-order valence-corrected chi connectivity index (χ1v) is 4.23. The van der Waals surface area contributed by atoms with Crippen LogP contribution in [0.1, 0.15) is 32.1 Å². The van der Waals surface area contributed by atoms with Crippen molar-refractivity contribution in [2.24, 2.45) is 0 Å². The van der Waals surface area contributed by atoms with Crippen molar-refractivity contribution in [2.45, 2.75) is 32.1 Å². The lowest BCUT2D eigenvalue weighted by atomic mass is 9.92. The van der Waals surface area contributed by atoms with Crippen molar-refractivity contribution in [1.82, 2.24) is 0 Å². The monoisotopic (exact) mass is 166 g/mol. The van der Waals surface area contributed by atoms with E-state index in [0.717, 1.165) is 31.3 Å². The summed E-state index contributed by atoms with van der Waals surface area (Å²) in [6.07, 6.45) is 3.56. The van der Waals surface area contributed by atoms with Gasteiger partial charge in [-0.05, 0) is 19.3 Å². The second kappa shape index (κ2) is 2.73. The third-order valence-corrected chi connectivity index (χ3v) is 2.30. The summed E-state index contributed by atoms with van der Waals surface area (Å²) in [4.78, 5) is 22.1. The fourth-order valence-electron chi connectivity index (χ4n) is 1.70. The number of rotatable bonds is 0. The van der Waals surface area contributed by atoms with Crippen LogP contribution in [0.5, 0.6) is 0 Å². The molecule has 0 atom stereocenters. The van der Waals surface area contributed by atoms with E-state index < -0.39 is 0 Å². The molecule has 64 valence electrons. The zero-order valence-electron chi connectivity index (χ0n) is 6.76. The van der Waals surface area contributed by atoms with Gasteiger partial charge in [0.15, 0.2) is 5.78 Å². The number of esters is 1. The van der Waals surface area contributed by atoms with Gasteiger partial charge in [-0.25, -0.2) is 0 Å². The molecule has 3 heteroatoms. The first-order chi connectivity index (χ1) is 5.77. The second-order valence-electron chi connectivity index (χ2n) is 3.18. The van der Waals surface area contributed by atoms with Crippen molar-refractivity contribution < 1.29 is 14.3 Å². The smallest absolute Gasteiger partial charge is 0.318 e. The third kappa shape index (κ3) is 1.15. The Morgan fingerprint density at radius 2 is 1.83 bits per heavy atom. The van der Waals surface area contributed by atoms with E-state index in [9.17, 15) is 9.59 Å². The van der Waals surface area contributed by atoms with Gasteiger partial charge in [0, 0.05) is 12.0 Å². The summed E-state index contributed by atoms with van der Waals surface area (Å²) in [5.74, 6) is 0.226. The number of Topliss-reactive ketones (excluding diaryl/α,β-unsaturated/α-hetero) is 1. The van der Waals surface area contributed by atoms with E-state index in [1.807, 2.05) is 0 Å². The SMILES string of the molecule is O=C1CC(=O)C2=C(CCCC2)O1. The molecule has 2 aliphatic rings. The Balaban J connectivity index is 2.32. The van der Waals surface area contributed by atoms with Crippen LogP contribution in [0.2, 0.25) is 0 Å². The maximum absolute atomic E-state index is 11.3. The summed E-state index contributed by atoms with van der Waals surface area (Å²) in [6.45, 7) is 0. The molecule has 1 aliphatic carbocycles. The lowest BCUT2D eigenvalue weighted by molar-refractivity contribution is -0.144. The average molecular weight is 166 g/mol. The summed E-state index contributed by atoms with van der Waals surface area (Å²) >= 11 is 0. The van der Waals surface area contributed by atoms with Crippen LogP contribution >= 0.6 is 0 Å². The molecule has 1 aliphatic heterocycles. The zero-order valence-corrected chi connectivity index (χ0v) is 6.76. The van der Waals surface area contributed by atoms with Gasteiger partial charge in [0.1, 0.15) is 12.2 Å². The third-order valence-electron chi connectivity index (χ3n) is 2.30. The van der Waals surface area contributed by atoms with Gasteiger partial charge in [-0.3, -0.25) is 9.59 Å². The average Bonchev–Trinajstić information content (AvgIpc) is 2.04. The molecule has 0 aromatic carbocycles. The molecule has 0 saturated heterocycles. The van der Waals surface area contributed by atoms with Crippen LogP contribution in [0.3, 0.4) is 0 Å². The molecule has 0 N–H and O–H groups in total. The van der Waals surface area contributed by atoms with Crippen molar-refractivity contribution in [3.05, 3.63) is 11.3 Å². The molecule has 1 heterocycles. The van der Waals surface area contributed by atoms with Gasteiger partial charge in [0.25, 0.3) is 0 Å². The highest BCUT2D eigenvalue weighted by atomic mass is 16.5. The van der Waals surface area contributed by atoms with Crippen LogP contribution < -0.4 is 0 Å². The lowest BCUT2D eigenvalue weighted by Crippen LogP contribution is -2.23. The first-order valence-electron chi connectivity index (χ1n) is 4.23. The van der Waals surface area contributed by atoms with Gasteiger partial charge in [-0.1, -0.05) is 0 Å². The molecular formula is C9H10O3. The van der Waals surface area contributed by atoms with Crippen LogP contribution in [0, 0.1) is 0 Å². The molecule has 0 saturated carbocycles. The predicted molar refractivity (Wildman–Crippen MR) is 41.2 cm³/mol. The molecule has 0 spiro atoms. The highest BCUT2D eigenvalue weighted by molar-refractivity contribution is 6.08. The molecule has 12 heavy (non-hydrogen) atoms. The number of ketones is 1.